The van der Waals surface area contributed by atoms with E-state index in [4.69, 9.17) is 0 Å². The Labute approximate surface area is 156 Å². The van der Waals surface area contributed by atoms with E-state index in [1.165, 1.54) is 11.5 Å². The third kappa shape index (κ3) is 2.28. The zero-order valence-corrected chi connectivity index (χ0v) is 15.0. The third-order valence-electron chi connectivity index (χ3n) is 4.92. The lowest BCUT2D eigenvalue weighted by atomic mass is 9.98. The van der Waals surface area contributed by atoms with Crippen LogP contribution in [0.1, 0.15) is 0 Å². The number of halogens is 2. The van der Waals surface area contributed by atoms with Gasteiger partial charge in [-0.25, -0.2) is 4.39 Å². The molecule has 5 rings (SSSR count). The zero-order chi connectivity index (χ0) is 17.0. The number of aromatic nitrogens is 2. The molecule has 26 heavy (non-hydrogen) atoms. The van der Waals surface area contributed by atoms with Crippen molar-refractivity contribution < 1.29 is 8.96 Å². The Morgan fingerprint density at radius 2 is 1.58 bits per heavy atom. The summed E-state index contributed by atoms with van der Waals surface area (Å²) in [6.07, 6.45) is 0. The first-order valence-electron chi connectivity index (χ1n) is 8.31. The fraction of sp³-hybridized carbons (Fsp3) is 0.0455. The molecule has 0 atom stereocenters. The minimum atomic E-state index is -0.222. The highest BCUT2D eigenvalue weighted by Crippen LogP contribution is 2.36. The van der Waals surface area contributed by atoms with Gasteiger partial charge in [0.05, 0.1) is 16.3 Å². The molecule has 0 spiro atoms. The number of nitrogens with one attached hydrogen (secondary N) is 1. The second-order valence-corrected chi connectivity index (χ2v) is 6.36. The summed E-state index contributed by atoms with van der Waals surface area (Å²) in [7, 11) is 2.04. The molecule has 0 fully saturated rings. The van der Waals surface area contributed by atoms with E-state index in [0.29, 0.717) is 0 Å². The number of aromatic amines is 1. The van der Waals surface area contributed by atoms with E-state index in [2.05, 4.69) is 33.8 Å². The van der Waals surface area contributed by atoms with Crippen LogP contribution in [-0.2, 0) is 7.05 Å². The summed E-state index contributed by atoms with van der Waals surface area (Å²) < 4.78 is 16.2. The van der Waals surface area contributed by atoms with Gasteiger partial charge in [-0.3, -0.25) is 0 Å². The quantitative estimate of drug-likeness (QED) is 0.378. The van der Waals surface area contributed by atoms with E-state index >= 15 is 0 Å². The van der Waals surface area contributed by atoms with Crippen molar-refractivity contribution in [1.82, 2.24) is 4.98 Å². The maximum Gasteiger partial charge on any atom is 0.239 e. The highest BCUT2D eigenvalue weighted by molar-refractivity contribution is 6.14. The molecule has 2 aromatic heterocycles. The van der Waals surface area contributed by atoms with Crippen LogP contribution in [-0.4, -0.2) is 4.98 Å². The summed E-state index contributed by atoms with van der Waals surface area (Å²) in [5, 5.41) is 2.08. The van der Waals surface area contributed by atoms with Crippen molar-refractivity contribution in [2.45, 2.75) is 0 Å². The van der Waals surface area contributed by atoms with Gasteiger partial charge in [0, 0.05) is 11.6 Å². The molecular formula is C22H17ClFN2+. The van der Waals surface area contributed by atoms with Crippen LogP contribution in [0.5, 0.6) is 0 Å². The van der Waals surface area contributed by atoms with E-state index in [9.17, 15) is 4.39 Å². The number of para-hydroxylation sites is 1. The van der Waals surface area contributed by atoms with Crippen molar-refractivity contribution in [3.8, 4) is 11.1 Å². The monoisotopic (exact) mass is 363 g/mol. The average Bonchev–Trinajstić information content (AvgIpc) is 3.02. The van der Waals surface area contributed by atoms with Gasteiger partial charge in [0.25, 0.3) is 0 Å². The van der Waals surface area contributed by atoms with Crippen LogP contribution in [0, 0.1) is 5.82 Å². The Kier molecular flexibility index (Phi) is 3.89. The molecule has 0 bridgehead atoms. The van der Waals surface area contributed by atoms with Gasteiger partial charge in [-0.05, 0) is 29.8 Å². The molecule has 2 heterocycles. The molecule has 4 heteroatoms. The van der Waals surface area contributed by atoms with Crippen LogP contribution in [0.15, 0.2) is 72.8 Å². The summed E-state index contributed by atoms with van der Waals surface area (Å²) in [6.45, 7) is 0. The fourth-order valence-electron chi connectivity index (χ4n) is 3.82. The number of pyridine rings is 1. The Bertz CT molecular complexity index is 1260. The third-order valence-corrected chi connectivity index (χ3v) is 4.92. The molecule has 128 valence electrons. The Balaban J connectivity index is 0.00000168. The van der Waals surface area contributed by atoms with Gasteiger partial charge in [0.2, 0.25) is 11.0 Å². The molecule has 0 aliphatic rings. The minimum Gasteiger partial charge on any atom is -0.349 e. The summed E-state index contributed by atoms with van der Waals surface area (Å²) in [6, 6.07) is 23.5. The van der Waals surface area contributed by atoms with Crippen LogP contribution in [0.3, 0.4) is 0 Å². The average molecular weight is 364 g/mol. The molecule has 0 amide bonds. The molecule has 3 aromatic carbocycles. The van der Waals surface area contributed by atoms with E-state index in [-0.39, 0.29) is 18.2 Å². The maximum absolute atomic E-state index is 14.0. The van der Waals surface area contributed by atoms with E-state index in [1.54, 1.807) is 6.07 Å². The summed E-state index contributed by atoms with van der Waals surface area (Å²) >= 11 is 0. The Morgan fingerprint density at radius 3 is 2.38 bits per heavy atom. The standard InChI is InChI=1S/C22H15FN2.ClH/c1-25-19-12-11-15(23)13-17(19)20(14-7-3-2-4-8-14)21-22(25)16-9-5-6-10-18(16)24-21;/h2-13H,1H3;1H/p+1. The summed E-state index contributed by atoms with van der Waals surface area (Å²) in [4.78, 5) is 3.55. The first kappa shape index (κ1) is 16.6. The molecule has 0 radical (unpaired) electrons. The molecule has 0 saturated carbocycles. The van der Waals surface area contributed by atoms with Gasteiger partial charge >= 0.3 is 0 Å². The predicted molar refractivity (Wildman–Crippen MR) is 107 cm³/mol. The van der Waals surface area contributed by atoms with Crippen LogP contribution in [0.25, 0.3) is 44.0 Å². The minimum absolute atomic E-state index is 0. The van der Waals surface area contributed by atoms with Crippen molar-refractivity contribution >= 4 is 45.2 Å². The summed E-state index contributed by atoms with van der Waals surface area (Å²) in [5.74, 6) is -0.222. The van der Waals surface area contributed by atoms with E-state index in [0.717, 1.165) is 38.6 Å². The lowest BCUT2D eigenvalue weighted by Gasteiger charge is -2.08. The Morgan fingerprint density at radius 1 is 0.846 bits per heavy atom. The van der Waals surface area contributed by atoms with Crippen molar-refractivity contribution in [2.24, 2.45) is 7.05 Å². The van der Waals surface area contributed by atoms with Gasteiger partial charge in [0.1, 0.15) is 18.4 Å². The van der Waals surface area contributed by atoms with E-state index < -0.39 is 0 Å². The fourth-order valence-corrected chi connectivity index (χ4v) is 3.82. The largest absolute Gasteiger partial charge is 0.349 e. The van der Waals surface area contributed by atoms with Gasteiger partial charge in [0.15, 0.2) is 0 Å². The first-order chi connectivity index (χ1) is 12.2. The van der Waals surface area contributed by atoms with Crippen LogP contribution in [0.4, 0.5) is 4.39 Å². The number of hydrogen-bond acceptors (Lipinski definition) is 0. The highest BCUT2D eigenvalue weighted by atomic mass is 35.5. The molecule has 2 nitrogen and oxygen atoms in total. The van der Waals surface area contributed by atoms with Crippen molar-refractivity contribution in [3.63, 3.8) is 0 Å². The number of nitrogens with zero attached hydrogens (tertiary/aromatic N) is 1. The summed E-state index contributed by atoms with van der Waals surface area (Å²) in [5.41, 5.74) is 6.38. The van der Waals surface area contributed by atoms with Crippen molar-refractivity contribution in [2.75, 3.05) is 0 Å². The van der Waals surface area contributed by atoms with Crippen LogP contribution >= 0.6 is 12.4 Å². The predicted octanol–water partition coefficient (Wildman–Crippen LogP) is 5.53. The number of aryl methyl sites for hydroxylation is 1. The lowest BCUT2D eigenvalue weighted by Crippen LogP contribution is -2.30. The van der Waals surface area contributed by atoms with Crippen molar-refractivity contribution in [3.05, 3.63) is 78.6 Å². The number of fused-ring (bicyclic) bond motifs is 4. The highest BCUT2D eigenvalue weighted by Gasteiger charge is 2.23. The SMILES string of the molecule is C[n+]1c2ccc(F)cc2c(-c2ccccc2)c2[nH]c3ccccc3c21.Cl. The topological polar surface area (TPSA) is 19.7 Å². The number of H-pyrrole nitrogens is 1. The molecule has 0 unspecified atom stereocenters. The molecule has 0 aliphatic carbocycles. The van der Waals surface area contributed by atoms with Gasteiger partial charge in [-0.2, -0.15) is 4.57 Å². The van der Waals surface area contributed by atoms with Crippen LogP contribution in [0.2, 0.25) is 0 Å². The van der Waals surface area contributed by atoms with Crippen molar-refractivity contribution in [1.29, 1.82) is 0 Å². The van der Waals surface area contributed by atoms with Gasteiger partial charge in [-0.1, -0.05) is 42.5 Å². The van der Waals surface area contributed by atoms with Gasteiger partial charge < -0.3 is 4.98 Å². The molecule has 0 saturated heterocycles. The second kappa shape index (κ2) is 6.11. The normalized spacial score (nSPS) is 11.2. The molecular weight excluding hydrogens is 347 g/mol. The number of hydrogen-bond donors (Lipinski definition) is 1. The number of benzene rings is 3. The molecule has 1 N–H and O–H groups in total. The second-order valence-electron chi connectivity index (χ2n) is 6.36. The first-order valence-corrected chi connectivity index (χ1v) is 8.31. The number of rotatable bonds is 1. The zero-order valence-electron chi connectivity index (χ0n) is 14.2. The molecule has 0 aliphatic heterocycles. The van der Waals surface area contributed by atoms with Crippen LogP contribution < -0.4 is 4.57 Å². The van der Waals surface area contributed by atoms with E-state index in [1.807, 2.05) is 43.4 Å². The van der Waals surface area contributed by atoms with Gasteiger partial charge in [-0.15, -0.1) is 12.4 Å². The molecule has 5 aromatic rings. The lowest BCUT2D eigenvalue weighted by molar-refractivity contribution is -0.616. The maximum atomic E-state index is 14.0. The smallest absolute Gasteiger partial charge is 0.239 e. The Hall–Kier alpha value is -2.91.